The summed E-state index contributed by atoms with van der Waals surface area (Å²) in [5, 5.41) is 12.5. The summed E-state index contributed by atoms with van der Waals surface area (Å²) >= 11 is 4.03. The molecule has 19 heavy (non-hydrogen) atoms. The van der Waals surface area contributed by atoms with Crippen LogP contribution in [0.2, 0.25) is 0 Å². The third kappa shape index (κ3) is 3.45. The van der Waals surface area contributed by atoms with E-state index in [-0.39, 0.29) is 11.3 Å². The maximum absolute atomic E-state index is 12.0. The molecule has 1 aromatic rings. The first-order valence-corrected chi connectivity index (χ1v) is 6.47. The van der Waals surface area contributed by atoms with Crippen LogP contribution in [0, 0.1) is 10.1 Å². The van der Waals surface area contributed by atoms with Crippen molar-refractivity contribution in [1.82, 2.24) is 5.06 Å². The van der Waals surface area contributed by atoms with Gasteiger partial charge >= 0.3 is 5.97 Å². The second kappa shape index (κ2) is 6.03. The topological polar surface area (TPSA) is 72.7 Å². The SMILES string of the molecule is O=C(ON1CCCCC1)c1ccc(S)cc1[N+](=O)[O-]. The van der Waals surface area contributed by atoms with Crippen LogP contribution in [0.15, 0.2) is 23.1 Å². The van der Waals surface area contributed by atoms with Gasteiger partial charge in [-0.25, -0.2) is 4.79 Å². The van der Waals surface area contributed by atoms with E-state index < -0.39 is 10.9 Å². The highest BCUT2D eigenvalue weighted by molar-refractivity contribution is 7.80. The van der Waals surface area contributed by atoms with E-state index in [1.54, 1.807) is 5.06 Å². The molecule has 1 fully saturated rings. The number of hydrogen-bond donors (Lipinski definition) is 1. The molecular formula is C12H14N2O4S. The van der Waals surface area contributed by atoms with Crippen LogP contribution >= 0.6 is 12.6 Å². The Balaban J connectivity index is 2.16. The third-order valence-corrected chi connectivity index (χ3v) is 3.20. The van der Waals surface area contributed by atoms with Crippen LogP contribution in [0.4, 0.5) is 5.69 Å². The van der Waals surface area contributed by atoms with Crippen LogP contribution in [-0.4, -0.2) is 29.0 Å². The first-order valence-electron chi connectivity index (χ1n) is 6.02. The molecule has 1 aliphatic heterocycles. The van der Waals surface area contributed by atoms with Gasteiger partial charge in [0.15, 0.2) is 0 Å². The summed E-state index contributed by atoms with van der Waals surface area (Å²) in [6, 6.07) is 4.14. The Labute approximate surface area is 115 Å². The number of carbonyl (C=O) groups is 1. The lowest BCUT2D eigenvalue weighted by molar-refractivity contribution is -0.385. The van der Waals surface area contributed by atoms with E-state index in [2.05, 4.69) is 12.6 Å². The Bertz CT molecular complexity index is 501. The first kappa shape index (κ1) is 13.8. The molecule has 102 valence electrons. The molecule has 1 saturated heterocycles. The van der Waals surface area contributed by atoms with Crippen LogP contribution < -0.4 is 0 Å². The number of thiol groups is 1. The van der Waals surface area contributed by atoms with Gasteiger partial charge in [0, 0.05) is 24.1 Å². The fourth-order valence-corrected chi connectivity index (χ4v) is 2.16. The number of piperidine rings is 1. The second-order valence-corrected chi connectivity index (χ2v) is 4.84. The van der Waals surface area contributed by atoms with Gasteiger partial charge in [-0.05, 0) is 25.0 Å². The standard InChI is InChI=1S/C12H14N2O4S/c15-12(18-13-6-2-1-3-7-13)10-5-4-9(19)8-11(10)14(16)17/h4-5,8,19H,1-3,6-7H2. The quantitative estimate of drug-likeness (QED) is 0.523. The normalized spacial score (nSPS) is 16.1. The fourth-order valence-electron chi connectivity index (χ4n) is 1.97. The van der Waals surface area contributed by atoms with Crippen molar-refractivity contribution in [3.05, 3.63) is 33.9 Å². The number of nitrogens with zero attached hydrogens (tertiary/aromatic N) is 2. The molecule has 0 unspecified atom stereocenters. The van der Waals surface area contributed by atoms with Crippen LogP contribution in [0.1, 0.15) is 29.6 Å². The maximum atomic E-state index is 12.0. The van der Waals surface area contributed by atoms with Crippen molar-refractivity contribution in [3.63, 3.8) is 0 Å². The summed E-state index contributed by atoms with van der Waals surface area (Å²) in [5.41, 5.74) is -0.331. The minimum atomic E-state index is -0.693. The minimum Gasteiger partial charge on any atom is -0.364 e. The molecule has 0 atom stereocenters. The number of rotatable bonds is 3. The fraction of sp³-hybridized carbons (Fsp3) is 0.417. The average Bonchev–Trinajstić information content (AvgIpc) is 2.39. The van der Waals surface area contributed by atoms with Gasteiger partial charge in [0.05, 0.1) is 4.92 Å². The van der Waals surface area contributed by atoms with Gasteiger partial charge in [-0.3, -0.25) is 10.1 Å². The monoisotopic (exact) mass is 282 g/mol. The van der Waals surface area contributed by atoms with E-state index in [0.29, 0.717) is 18.0 Å². The van der Waals surface area contributed by atoms with Crippen LogP contribution in [0.25, 0.3) is 0 Å². The molecular weight excluding hydrogens is 268 g/mol. The lowest BCUT2D eigenvalue weighted by Crippen LogP contribution is -2.32. The lowest BCUT2D eigenvalue weighted by atomic mass is 10.2. The molecule has 1 aliphatic rings. The molecule has 0 radical (unpaired) electrons. The molecule has 0 amide bonds. The van der Waals surface area contributed by atoms with Crippen molar-refractivity contribution in [2.24, 2.45) is 0 Å². The summed E-state index contributed by atoms with van der Waals surface area (Å²) in [6.07, 6.45) is 3.04. The zero-order valence-corrected chi connectivity index (χ0v) is 11.1. The highest BCUT2D eigenvalue weighted by Crippen LogP contribution is 2.23. The Morgan fingerprint density at radius 2 is 2.00 bits per heavy atom. The molecule has 0 spiro atoms. The maximum Gasteiger partial charge on any atom is 0.364 e. The van der Waals surface area contributed by atoms with Crippen molar-refractivity contribution in [2.75, 3.05) is 13.1 Å². The molecule has 6 nitrogen and oxygen atoms in total. The summed E-state index contributed by atoms with van der Waals surface area (Å²) in [5.74, 6) is -0.693. The Kier molecular flexibility index (Phi) is 4.39. The van der Waals surface area contributed by atoms with E-state index in [4.69, 9.17) is 4.84 Å². The van der Waals surface area contributed by atoms with Gasteiger partial charge in [0.25, 0.3) is 5.69 Å². The molecule has 1 heterocycles. The summed E-state index contributed by atoms with van der Waals surface area (Å²) in [7, 11) is 0. The van der Waals surface area contributed by atoms with Crippen molar-refractivity contribution in [1.29, 1.82) is 0 Å². The van der Waals surface area contributed by atoms with E-state index in [1.807, 2.05) is 0 Å². The predicted octanol–water partition coefficient (Wildman–Crippen LogP) is 2.44. The van der Waals surface area contributed by atoms with E-state index in [0.717, 1.165) is 19.3 Å². The smallest absolute Gasteiger partial charge is 0.364 e. The number of nitro benzene ring substituents is 1. The highest BCUT2D eigenvalue weighted by Gasteiger charge is 2.24. The van der Waals surface area contributed by atoms with Gasteiger partial charge in [-0.2, -0.15) is 0 Å². The molecule has 0 bridgehead atoms. The van der Waals surface area contributed by atoms with Gasteiger partial charge in [0.2, 0.25) is 0 Å². The van der Waals surface area contributed by atoms with Crippen molar-refractivity contribution >= 4 is 24.3 Å². The van der Waals surface area contributed by atoms with Crippen LogP contribution in [0.5, 0.6) is 0 Å². The molecule has 0 N–H and O–H groups in total. The van der Waals surface area contributed by atoms with E-state index in [1.165, 1.54) is 18.2 Å². The van der Waals surface area contributed by atoms with E-state index >= 15 is 0 Å². The van der Waals surface area contributed by atoms with E-state index in [9.17, 15) is 14.9 Å². The second-order valence-electron chi connectivity index (χ2n) is 4.33. The predicted molar refractivity (Wildman–Crippen MR) is 71.2 cm³/mol. The average molecular weight is 282 g/mol. The molecule has 0 aromatic heterocycles. The first-order chi connectivity index (χ1) is 9.08. The number of nitro groups is 1. The van der Waals surface area contributed by atoms with Gasteiger partial charge in [-0.15, -0.1) is 17.7 Å². The Hall–Kier alpha value is -1.60. The summed E-state index contributed by atoms with van der Waals surface area (Å²) in [4.78, 5) is 27.9. The van der Waals surface area contributed by atoms with Gasteiger partial charge < -0.3 is 4.84 Å². The van der Waals surface area contributed by atoms with Crippen molar-refractivity contribution in [2.45, 2.75) is 24.2 Å². The molecule has 2 rings (SSSR count). The molecule has 0 aliphatic carbocycles. The molecule has 0 saturated carbocycles. The largest absolute Gasteiger partial charge is 0.364 e. The van der Waals surface area contributed by atoms with Crippen molar-refractivity contribution < 1.29 is 14.6 Å². The van der Waals surface area contributed by atoms with Gasteiger partial charge in [-0.1, -0.05) is 6.42 Å². The lowest BCUT2D eigenvalue weighted by Gasteiger charge is -2.24. The zero-order chi connectivity index (χ0) is 13.8. The third-order valence-electron chi connectivity index (χ3n) is 2.92. The highest BCUT2D eigenvalue weighted by atomic mass is 32.1. The Morgan fingerprint density at radius 1 is 1.32 bits per heavy atom. The minimum absolute atomic E-state index is 0.0478. The molecule has 1 aromatic carbocycles. The summed E-state index contributed by atoms with van der Waals surface area (Å²) in [6.45, 7) is 1.34. The Morgan fingerprint density at radius 3 is 2.63 bits per heavy atom. The number of hydroxylamine groups is 2. The van der Waals surface area contributed by atoms with Crippen LogP contribution in [-0.2, 0) is 4.84 Å². The van der Waals surface area contributed by atoms with Gasteiger partial charge in [0.1, 0.15) is 5.56 Å². The molecule has 7 heteroatoms. The summed E-state index contributed by atoms with van der Waals surface area (Å²) < 4.78 is 0. The van der Waals surface area contributed by atoms with Crippen molar-refractivity contribution in [3.8, 4) is 0 Å². The number of carbonyl (C=O) groups excluding carboxylic acids is 1. The van der Waals surface area contributed by atoms with Crippen LogP contribution in [0.3, 0.4) is 0 Å². The zero-order valence-electron chi connectivity index (χ0n) is 10.2. The number of benzene rings is 1. The number of hydrogen-bond acceptors (Lipinski definition) is 6.